The number of aromatic nitrogens is 2. The lowest BCUT2D eigenvalue weighted by Crippen LogP contribution is -2.27. The summed E-state index contributed by atoms with van der Waals surface area (Å²) in [4.78, 5) is 29.4. The van der Waals surface area contributed by atoms with Gasteiger partial charge in [-0.2, -0.15) is 0 Å². The van der Waals surface area contributed by atoms with Crippen LogP contribution in [0.15, 0.2) is 48.7 Å². The summed E-state index contributed by atoms with van der Waals surface area (Å²) in [7, 11) is 1.62. The van der Waals surface area contributed by atoms with Crippen LogP contribution in [0.3, 0.4) is 0 Å². The molecule has 7 nitrogen and oxygen atoms in total. The zero-order chi connectivity index (χ0) is 19.9. The number of ether oxygens (including phenoxy) is 1. The molecule has 3 aromatic rings. The molecule has 7 heteroatoms. The van der Waals surface area contributed by atoms with E-state index in [2.05, 4.69) is 15.6 Å². The van der Waals surface area contributed by atoms with Crippen LogP contribution in [0, 0.1) is 0 Å². The Kier molecular flexibility index (Phi) is 6.26. The fraction of sp³-hybridized carbons (Fsp3) is 0.286. The Hall–Kier alpha value is -3.35. The molecule has 28 heavy (non-hydrogen) atoms. The topological polar surface area (TPSA) is 84.7 Å². The van der Waals surface area contributed by atoms with E-state index >= 15 is 0 Å². The van der Waals surface area contributed by atoms with E-state index in [4.69, 9.17) is 4.74 Å². The van der Waals surface area contributed by atoms with Crippen molar-refractivity contribution in [3.8, 4) is 5.75 Å². The first-order valence-electron chi connectivity index (χ1n) is 9.31. The monoisotopic (exact) mass is 380 g/mol. The van der Waals surface area contributed by atoms with Gasteiger partial charge in [-0.15, -0.1) is 0 Å². The molecule has 0 radical (unpaired) electrons. The number of imidazole rings is 1. The molecule has 0 saturated heterocycles. The van der Waals surface area contributed by atoms with Crippen LogP contribution in [0.25, 0.3) is 5.52 Å². The largest absolute Gasteiger partial charge is 0.496 e. The Balaban J connectivity index is 1.75. The number of nitrogens with zero attached hydrogens (tertiary/aromatic N) is 2. The highest BCUT2D eigenvalue weighted by Gasteiger charge is 2.21. The summed E-state index contributed by atoms with van der Waals surface area (Å²) >= 11 is 0. The highest BCUT2D eigenvalue weighted by molar-refractivity contribution is 6.02. The molecule has 0 spiro atoms. The van der Waals surface area contributed by atoms with Gasteiger partial charge < -0.3 is 15.4 Å². The van der Waals surface area contributed by atoms with Crippen LogP contribution in [0.5, 0.6) is 5.75 Å². The van der Waals surface area contributed by atoms with E-state index in [-0.39, 0.29) is 23.3 Å². The van der Waals surface area contributed by atoms with E-state index < -0.39 is 0 Å². The van der Waals surface area contributed by atoms with Gasteiger partial charge in [0.1, 0.15) is 5.75 Å². The van der Waals surface area contributed by atoms with Crippen molar-refractivity contribution in [3.05, 3.63) is 65.7 Å². The lowest BCUT2D eigenvalue weighted by molar-refractivity contribution is 0.0942. The molecule has 0 aliphatic rings. The minimum atomic E-state index is -0.312. The smallest absolute Gasteiger partial charge is 0.287 e. The SMILES string of the molecule is CCCNC(=O)c1nc(C(=O)NCCc2ccccc2OC)c2ccccn12. The van der Waals surface area contributed by atoms with E-state index in [0.717, 1.165) is 17.7 Å². The van der Waals surface area contributed by atoms with Gasteiger partial charge in [0.15, 0.2) is 5.69 Å². The van der Waals surface area contributed by atoms with Crippen LogP contribution in [0.1, 0.15) is 40.0 Å². The normalized spacial score (nSPS) is 10.6. The molecule has 0 aliphatic carbocycles. The van der Waals surface area contributed by atoms with Crippen LogP contribution in [0.4, 0.5) is 0 Å². The quantitative estimate of drug-likeness (QED) is 0.629. The van der Waals surface area contributed by atoms with Crippen molar-refractivity contribution in [1.29, 1.82) is 0 Å². The first-order chi connectivity index (χ1) is 13.7. The second kappa shape index (κ2) is 9.03. The Labute approximate surface area is 163 Å². The maximum atomic E-state index is 12.7. The number of methoxy groups -OCH3 is 1. The summed E-state index contributed by atoms with van der Waals surface area (Å²) in [6.45, 7) is 2.97. The summed E-state index contributed by atoms with van der Waals surface area (Å²) in [5.41, 5.74) is 1.85. The minimum Gasteiger partial charge on any atom is -0.496 e. The first kappa shape index (κ1) is 19.4. The Bertz CT molecular complexity index is 981. The van der Waals surface area contributed by atoms with E-state index in [1.807, 2.05) is 37.3 Å². The highest BCUT2D eigenvalue weighted by atomic mass is 16.5. The molecular weight excluding hydrogens is 356 g/mol. The van der Waals surface area contributed by atoms with Crippen LogP contribution >= 0.6 is 0 Å². The molecule has 0 fully saturated rings. The summed E-state index contributed by atoms with van der Waals surface area (Å²) in [5, 5.41) is 5.69. The Morgan fingerprint density at radius 3 is 2.57 bits per heavy atom. The number of amides is 2. The van der Waals surface area contributed by atoms with Gasteiger partial charge in [-0.25, -0.2) is 4.98 Å². The standard InChI is InChI=1S/C21H24N4O3/c1-3-12-22-21(27)19-24-18(16-9-6-7-14-25(16)19)20(26)23-13-11-15-8-4-5-10-17(15)28-2/h4-10,14H,3,11-13H2,1-2H3,(H,22,27)(H,23,26). The highest BCUT2D eigenvalue weighted by Crippen LogP contribution is 2.17. The summed E-state index contributed by atoms with van der Waals surface area (Å²) in [6.07, 6.45) is 3.19. The zero-order valence-electron chi connectivity index (χ0n) is 16.1. The molecule has 1 aromatic carbocycles. The first-order valence-corrected chi connectivity index (χ1v) is 9.31. The lowest BCUT2D eigenvalue weighted by atomic mass is 10.1. The third kappa shape index (κ3) is 4.14. The molecule has 0 aliphatic heterocycles. The average Bonchev–Trinajstić information content (AvgIpc) is 3.12. The van der Waals surface area contributed by atoms with E-state index in [1.54, 1.807) is 29.8 Å². The molecule has 146 valence electrons. The third-order valence-electron chi connectivity index (χ3n) is 4.37. The molecule has 0 unspecified atom stereocenters. The number of para-hydroxylation sites is 1. The van der Waals surface area contributed by atoms with Crippen molar-refractivity contribution in [1.82, 2.24) is 20.0 Å². The van der Waals surface area contributed by atoms with Gasteiger partial charge in [-0.05, 0) is 36.6 Å². The van der Waals surface area contributed by atoms with Gasteiger partial charge >= 0.3 is 0 Å². The van der Waals surface area contributed by atoms with Gasteiger partial charge in [0.05, 0.1) is 12.6 Å². The van der Waals surface area contributed by atoms with Gasteiger partial charge in [0.2, 0.25) is 5.82 Å². The number of nitrogens with one attached hydrogen (secondary N) is 2. The van der Waals surface area contributed by atoms with Gasteiger partial charge in [-0.1, -0.05) is 31.2 Å². The molecule has 2 heterocycles. The number of hydrogen-bond donors (Lipinski definition) is 2. The maximum Gasteiger partial charge on any atom is 0.287 e. The number of fused-ring (bicyclic) bond motifs is 1. The van der Waals surface area contributed by atoms with Gasteiger partial charge in [0, 0.05) is 19.3 Å². The number of carbonyl (C=O) groups excluding carboxylic acids is 2. The van der Waals surface area contributed by atoms with Crippen LogP contribution in [-0.2, 0) is 6.42 Å². The van der Waals surface area contributed by atoms with E-state index in [1.165, 1.54) is 0 Å². The molecule has 2 aromatic heterocycles. The number of carbonyl (C=O) groups is 2. The fourth-order valence-electron chi connectivity index (χ4n) is 2.99. The number of benzene rings is 1. The molecule has 2 N–H and O–H groups in total. The number of rotatable bonds is 8. The third-order valence-corrected chi connectivity index (χ3v) is 4.37. The Morgan fingerprint density at radius 1 is 1.04 bits per heavy atom. The van der Waals surface area contributed by atoms with Crippen molar-refractivity contribution >= 4 is 17.3 Å². The second-order valence-electron chi connectivity index (χ2n) is 6.31. The van der Waals surface area contributed by atoms with Crippen LogP contribution < -0.4 is 15.4 Å². The molecule has 0 atom stereocenters. The van der Waals surface area contributed by atoms with Crippen molar-refractivity contribution in [2.75, 3.05) is 20.2 Å². The Morgan fingerprint density at radius 2 is 1.79 bits per heavy atom. The molecular formula is C21H24N4O3. The molecule has 0 saturated carbocycles. The second-order valence-corrected chi connectivity index (χ2v) is 6.31. The van der Waals surface area contributed by atoms with Crippen molar-refractivity contribution in [2.45, 2.75) is 19.8 Å². The maximum absolute atomic E-state index is 12.7. The molecule has 2 amide bonds. The summed E-state index contributed by atoms with van der Waals surface area (Å²) < 4.78 is 6.97. The van der Waals surface area contributed by atoms with Gasteiger partial charge in [0.25, 0.3) is 11.8 Å². The predicted molar refractivity (Wildman–Crippen MR) is 107 cm³/mol. The van der Waals surface area contributed by atoms with E-state index in [9.17, 15) is 9.59 Å². The van der Waals surface area contributed by atoms with Crippen molar-refractivity contribution in [3.63, 3.8) is 0 Å². The molecule has 3 rings (SSSR count). The summed E-state index contributed by atoms with van der Waals surface area (Å²) in [5.74, 6) is 0.391. The van der Waals surface area contributed by atoms with Crippen LogP contribution in [-0.4, -0.2) is 41.4 Å². The van der Waals surface area contributed by atoms with Crippen LogP contribution in [0.2, 0.25) is 0 Å². The minimum absolute atomic E-state index is 0.207. The fourth-order valence-corrected chi connectivity index (χ4v) is 2.99. The van der Waals surface area contributed by atoms with Gasteiger partial charge in [-0.3, -0.25) is 14.0 Å². The summed E-state index contributed by atoms with van der Waals surface area (Å²) in [6, 6.07) is 13.1. The average molecular weight is 380 g/mol. The van der Waals surface area contributed by atoms with E-state index in [0.29, 0.717) is 25.0 Å². The predicted octanol–water partition coefficient (Wildman–Crippen LogP) is 2.46. The van der Waals surface area contributed by atoms with Crippen molar-refractivity contribution in [2.24, 2.45) is 0 Å². The number of hydrogen-bond acceptors (Lipinski definition) is 4. The zero-order valence-corrected chi connectivity index (χ0v) is 16.1. The number of pyridine rings is 1. The lowest BCUT2D eigenvalue weighted by Gasteiger charge is -2.08. The molecule has 0 bridgehead atoms. The van der Waals surface area contributed by atoms with Crippen molar-refractivity contribution < 1.29 is 14.3 Å².